The zero-order valence-electron chi connectivity index (χ0n) is 13.8. The van der Waals surface area contributed by atoms with Crippen LogP contribution >= 0.6 is 22.9 Å². The minimum atomic E-state index is -0.545. The van der Waals surface area contributed by atoms with E-state index in [-0.39, 0.29) is 34.9 Å². The molecule has 0 aliphatic carbocycles. The van der Waals surface area contributed by atoms with E-state index in [0.29, 0.717) is 0 Å². The number of imidazole rings is 1. The van der Waals surface area contributed by atoms with Crippen molar-refractivity contribution in [1.82, 2.24) is 24.0 Å². The molecule has 25 heavy (non-hydrogen) atoms. The molecule has 0 fully saturated rings. The maximum absolute atomic E-state index is 12.4. The number of amides is 1. The van der Waals surface area contributed by atoms with Crippen LogP contribution in [0.25, 0.3) is 11.2 Å². The molecule has 8 nitrogen and oxygen atoms in total. The first-order chi connectivity index (χ1) is 11.8. The van der Waals surface area contributed by atoms with E-state index in [9.17, 15) is 14.4 Å². The number of aromatic nitrogens is 4. The fourth-order valence-corrected chi connectivity index (χ4v) is 3.56. The third-order valence-electron chi connectivity index (χ3n) is 3.95. The van der Waals surface area contributed by atoms with Crippen LogP contribution in [0.3, 0.4) is 0 Å². The van der Waals surface area contributed by atoms with Gasteiger partial charge in [0, 0.05) is 19.0 Å². The molecule has 0 aromatic carbocycles. The molecule has 1 unspecified atom stereocenters. The van der Waals surface area contributed by atoms with Crippen molar-refractivity contribution in [2.75, 3.05) is 0 Å². The largest absolute Gasteiger partial charge is 0.347 e. The van der Waals surface area contributed by atoms with E-state index in [1.165, 1.54) is 23.2 Å². The number of carbonyl (C=O) groups excluding carboxylic acids is 1. The standard InChI is InChI=1S/C15H16ClN5O3S/c1-8(9-5-4-6-25-9)17-10(22)7-21-11-12(18-14(21)16)19(2)15(24)20(3)13(11)23/h4-6,8H,7H2,1-3H3,(H,17,22). The second kappa shape index (κ2) is 6.49. The Morgan fingerprint density at radius 1 is 1.36 bits per heavy atom. The number of nitrogens with one attached hydrogen (secondary N) is 1. The molecule has 0 spiro atoms. The van der Waals surface area contributed by atoms with Gasteiger partial charge in [0.15, 0.2) is 11.2 Å². The van der Waals surface area contributed by atoms with Gasteiger partial charge in [-0.25, -0.2) is 4.79 Å². The van der Waals surface area contributed by atoms with E-state index in [0.717, 1.165) is 9.44 Å². The maximum Gasteiger partial charge on any atom is 0.332 e. The average Bonchev–Trinajstić information content (AvgIpc) is 3.20. The first kappa shape index (κ1) is 17.4. The quantitative estimate of drug-likeness (QED) is 0.683. The minimum absolute atomic E-state index is 0.0211. The van der Waals surface area contributed by atoms with E-state index >= 15 is 0 Å². The van der Waals surface area contributed by atoms with E-state index in [2.05, 4.69) is 10.3 Å². The Hall–Kier alpha value is -2.39. The number of aryl methyl sites for hydroxylation is 1. The summed E-state index contributed by atoms with van der Waals surface area (Å²) in [5, 5.41) is 4.77. The number of thiophene rings is 1. The van der Waals surface area contributed by atoms with Crippen LogP contribution in [-0.4, -0.2) is 24.6 Å². The van der Waals surface area contributed by atoms with Crippen molar-refractivity contribution >= 4 is 40.0 Å². The van der Waals surface area contributed by atoms with E-state index < -0.39 is 11.2 Å². The van der Waals surface area contributed by atoms with Crippen molar-refractivity contribution in [1.29, 1.82) is 0 Å². The molecule has 1 atom stereocenters. The number of hydrogen-bond donors (Lipinski definition) is 1. The molecule has 0 saturated carbocycles. The van der Waals surface area contributed by atoms with Gasteiger partial charge in [-0.1, -0.05) is 6.07 Å². The van der Waals surface area contributed by atoms with Gasteiger partial charge in [-0.3, -0.25) is 23.3 Å². The Kier molecular flexibility index (Phi) is 4.53. The third kappa shape index (κ3) is 3.00. The maximum atomic E-state index is 12.4. The number of rotatable bonds is 4. The van der Waals surface area contributed by atoms with Crippen molar-refractivity contribution in [3.63, 3.8) is 0 Å². The molecule has 3 aromatic rings. The third-order valence-corrected chi connectivity index (χ3v) is 5.29. The molecule has 1 amide bonds. The Labute approximate surface area is 151 Å². The molecule has 0 radical (unpaired) electrons. The Bertz CT molecular complexity index is 1060. The van der Waals surface area contributed by atoms with Gasteiger partial charge in [0.05, 0.1) is 6.04 Å². The predicted molar refractivity (Wildman–Crippen MR) is 96.1 cm³/mol. The van der Waals surface area contributed by atoms with Crippen molar-refractivity contribution in [2.24, 2.45) is 14.1 Å². The lowest BCUT2D eigenvalue weighted by Gasteiger charge is -2.13. The Morgan fingerprint density at radius 3 is 2.72 bits per heavy atom. The lowest BCUT2D eigenvalue weighted by molar-refractivity contribution is -0.122. The molecular weight excluding hydrogens is 366 g/mol. The second-order valence-electron chi connectivity index (χ2n) is 5.65. The molecule has 0 saturated heterocycles. The smallest absolute Gasteiger partial charge is 0.332 e. The Balaban J connectivity index is 1.97. The molecule has 0 aliphatic heterocycles. The summed E-state index contributed by atoms with van der Waals surface area (Å²) in [6, 6.07) is 3.68. The lowest BCUT2D eigenvalue weighted by Crippen LogP contribution is -2.38. The first-order valence-corrected chi connectivity index (χ1v) is 8.71. The summed E-state index contributed by atoms with van der Waals surface area (Å²) in [6.07, 6.45) is 0. The van der Waals surface area contributed by atoms with Crippen LogP contribution in [0.1, 0.15) is 17.8 Å². The molecule has 0 aliphatic rings. The molecular formula is C15H16ClN5O3S. The van der Waals surface area contributed by atoms with E-state index in [1.807, 2.05) is 24.4 Å². The van der Waals surface area contributed by atoms with E-state index in [4.69, 9.17) is 11.6 Å². The van der Waals surface area contributed by atoms with Gasteiger partial charge >= 0.3 is 5.69 Å². The van der Waals surface area contributed by atoms with Gasteiger partial charge in [-0.05, 0) is 30.0 Å². The van der Waals surface area contributed by atoms with Gasteiger partial charge in [0.25, 0.3) is 5.56 Å². The fourth-order valence-electron chi connectivity index (χ4n) is 2.60. The summed E-state index contributed by atoms with van der Waals surface area (Å²) in [5.74, 6) is -0.307. The van der Waals surface area contributed by atoms with Crippen molar-refractivity contribution in [3.05, 3.63) is 48.5 Å². The highest BCUT2D eigenvalue weighted by atomic mass is 35.5. The van der Waals surface area contributed by atoms with Crippen LogP contribution in [-0.2, 0) is 25.4 Å². The van der Waals surface area contributed by atoms with Crippen LogP contribution in [0.15, 0.2) is 27.1 Å². The normalized spacial score (nSPS) is 12.5. The van der Waals surface area contributed by atoms with Gasteiger partial charge < -0.3 is 5.32 Å². The number of nitrogens with zero attached hydrogens (tertiary/aromatic N) is 4. The minimum Gasteiger partial charge on any atom is -0.347 e. The number of halogens is 1. The highest BCUT2D eigenvalue weighted by molar-refractivity contribution is 7.10. The second-order valence-corrected chi connectivity index (χ2v) is 6.97. The van der Waals surface area contributed by atoms with Crippen LogP contribution in [0.2, 0.25) is 5.28 Å². The van der Waals surface area contributed by atoms with Crippen LogP contribution < -0.4 is 16.6 Å². The van der Waals surface area contributed by atoms with Crippen molar-refractivity contribution in [2.45, 2.75) is 19.5 Å². The number of fused-ring (bicyclic) bond motifs is 1. The fraction of sp³-hybridized carbons (Fsp3) is 0.333. The Morgan fingerprint density at radius 2 is 2.08 bits per heavy atom. The van der Waals surface area contributed by atoms with Crippen molar-refractivity contribution in [3.8, 4) is 0 Å². The lowest BCUT2D eigenvalue weighted by atomic mass is 10.3. The van der Waals surface area contributed by atoms with Crippen LogP contribution in [0.5, 0.6) is 0 Å². The van der Waals surface area contributed by atoms with Gasteiger partial charge in [-0.2, -0.15) is 4.98 Å². The highest BCUT2D eigenvalue weighted by Crippen LogP contribution is 2.19. The molecule has 1 N–H and O–H groups in total. The topological polar surface area (TPSA) is 90.9 Å². The monoisotopic (exact) mass is 381 g/mol. The predicted octanol–water partition coefficient (Wildman–Crippen LogP) is 1.03. The molecule has 3 aromatic heterocycles. The average molecular weight is 382 g/mol. The zero-order chi connectivity index (χ0) is 18.3. The summed E-state index contributed by atoms with van der Waals surface area (Å²) in [5.41, 5.74) is -0.781. The number of carbonyl (C=O) groups is 1. The highest BCUT2D eigenvalue weighted by Gasteiger charge is 2.20. The molecule has 132 valence electrons. The molecule has 3 heterocycles. The number of hydrogen-bond acceptors (Lipinski definition) is 5. The summed E-state index contributed by atoms with van der Waals surface area (Å²) < 4.78 is 3.50. The van der Waals surface area contributed by atoms with Gasteiger partial charge in [0.1, 0.15) is 6.54 Å². The van der Waals surface area contributed by atoms with Crippen molar-refractivity contribution < 1.29 is 4.79 Å². The molecule has 0 bridgehead atoms. The van der Waals surface area contributed by atoms with Crippen LogP contribution in [0.4, 0.5) is 0 Å². The zero-order valence-corrected chi connectivity index (χ0v) is 15.4. The van der Waals surface area contributed by atoms with Gasteiger partial charge in [-0.15, -0.1) is 11.3 Å². The molecule has 10 heteroatoms. The summed E-state index contributed by atoms with van der Waals surface area (Å²) >= 11 is 7.65. The first-order valence-electron chi connectivity index (χ1n) is 7.45. The summed E-state index contributed by atoms with van der Waals surface area (Å²) in [6.45, 7) is 1.71. The summed E-state index contributed by atoms with van der Waals surface area (Å²) in [7, 11) is 2.87. The van der Waals surface area contributed by atoms with E-state index in [1.54, 1.807) is 11.3 Å². The van der Waals surface area contributed by atoms with Gasteiger partial charge in [0.2, 0.25) is 11.2 Å². The van der Waals surface area contributed by atoms with Crippen LogP contribution in [0, 0.1) is 0 Å². The molecule has 3 rings (SSSR count). The summed E-state index contributed by atoms with van der Waals surface area (Å²) in [4.78, 5) is 41.9. The SMILES string of the molecule is CC(NC(=O)Cn1c(Cl)nc2c1c(=O)n(C)c(=O)n2C)c1cccs1.